The minimum Gasteiger partial charge on any atom is -0.347 e. The van der Waals surface area contributed by atoms with Crippen LogP contribution < -0.4 is 10.6 Å². The summed E-state index contributed by atoms with van der Waals surface area (Å²) in [7, 11) is 0. The van der Waals surface area contributed by atoms with Crippen LogP contribution in [0.4, 0.5) is 11.5 Å². The lowest BCUT2D eigenvalue weighted by Gasteiger charge is -2.25. The van der Waals surface area contributed by atoms with Crippen molar-refractivity contribution in [1.82, 2.24) is 9.78 Å². The average molecular weight is 267 g/mol. The summed E-state index contributed by atoms with van der Waals surface area (Å²) in [4.78, 5) is 13.0. The lowest BCUT2D eigenvalue weighted by atomic mass is 10.2. The van der Waals surface area contributed by atoms with E-state index in [-0.39, 0.29) is 16.7 Å². The number of aryl methyl sites for hydroxylation is 2. The molecule has 1 saturated heterocycles. The second-order valence-electron chi connectivity index (χ2n) is 4.96. The fourth-order valence-corrected chi connectivity index (χ4v) is 2.79. The Bertz CT molecular complexity index is 471. The second-order valence-corrected chi connectivity index (χ2v) is 4.96. The number of hydrogen-bond acceptors (Lipinski definition) is 5. The Kier molecular flexibility index (Phi) is 4.04. The molecule has 2 heterocycles. The first kappa shape index (κ1) is 13.8. The lowest BCUT2D eigenvalue weighted by Crippen LogP contribution is -2.37. The lowest BCUT2D eigenvalue weighted by molar-refractivity contribution is -0.384. The topological polar surface area (TPSA) is 90.2 Å². The van der Waals surface area contributed by atoms with Gasteiger partial charge in [-0.1, -0.05) is 6.92 Å². The largest absolute Gasteiger partial charge is 0.347 e. The fourth-order valence-electron chi connectivity index (χ4n) is 2.79. The molecule has 0 bridgehead atoms. The van der Waals surface area contributed by atoms with Gasteiger partial charge in [0.1, 0.15) is 5.69 Å². The molecule has 7 heteroatoms. The minimum atomic E-state index is -0.324. The van der Waals surface area contributed by atoms with Crippen LogP contribution in [0.5, 0.6) is 0 Å². The number of aromatic nitrogens is 2. The quantitative estimate of drug-likeness (QED) is 0.644. The molecule has 0 amide bonds. The van der Waals surface area contributed by atoms with Crippen LogP contribution >= 0.6 is 0 Å². The monoisotopic (exact) mass is 267 g/mol. The van der Waals surface area contributed by atoms with E-state index in [0.717, 1.165) is 25.8 Å². The van der Waals surface area contributed by atoms with E-state index >= 15 is 0 Å². The first-order chi connectivity index (χ1) is 9.10. The van der Waals surface area contributed by atoms with Crippen LogP contribution in [0.1, 0.15) is 31.9 Å². The van der Waals surface area contributed by atoms with Crippen molar-refractivity contribution in [3.8, 4) is 0 Å². The summed E-state index contributed by atoms with van der Waals surface area (Å²) >= 11 is 0. The van der Waals surface area contributed by atoms with Gasteiger partial charge >= 0.3 is 5.69 Å². The molecular formula is C12H21N5O2. The molecule has 0 radical (unpaired) electrons. The third kappa shape index (κ3) is 2.42. The van der Waals surface area contributed by atoms with Crippen molar-refractivity contribution in [3.05, 3.63) is 15.8 Å². The van der Waals surface area contributed by atoms with Crippen LogP contribution in [0, 0.1) is 17.0 Å². The molecule has 19 heavy (non-hydrogen) atoms. The summed E-state index contributed by atoms with van der Waals surface area (Å²) in [6.45, 7) is 5.77. The maximum atomic E-state index is 11.3. The highest BCUT2D eigenvalue weighted by atomic mass is 16.6. The minimum absolute atomic E-state index is 0.133. The average Bonchev–Trinajstić information content (AvgIpc) is 2.92. The van der Waals surface area contributed by atoms with E-state index in [1.807, 2.05) is 6.92 Å². The van der Waals surface area contributed by atoms with Gasteiger partial charge in [-0.3, -0.25) is 10.1 Å². The molecule has 7 nitrogen and oxygen atoms in total. The number of nitro groups is 1. The number of rotatable bonds is 5. The molecule has 106 valence electrons. The summed E-state index contributed by atoms with van der Waals surface area (Å²) < 4.78 is 1.77. The molecule has 1 aromatic rings. The Hall–Kier alpha value is -1.63. The van der Waals surface area contributed by atoms with Crippen molar-refractivity contribution in [3.63, 3.8) is 0 Å². The van der Waals surface area contributed by atoms with Crippen LogP contribution in [0.3, 0.4) is 0 Å². The SMILES string of the molecule is CCCn1nc(C)c([N+](=O)[O-])c1N1CCCC1CN. The van der Waals surface area contributed by atoms with Crippen LogP contribution in [-0.2, 0) is 6.54 Å². The van der Waals surface area contributed by atoms with Crippen molar-refractivity contribution >= 4 is 11.5 Å². The molecule has 1 aliphatic rings. The summed E-state index contributed by atoms with van der Waals surface area (Å²) in [6, 6.07) is 0.186. The van der Waals surface area contributed by atoms with E-state index in [4.69, 9.17) is 5.73 Å². The van der Waals surface area contributed by atoms with Crippen LogP contribution in [0.15, 0.2) is 0 Å². The summed E-state index contributed by atoms with van der Waals surface area (Å²) in [6.07, 6.45) is 2.91. The Balaban J connectivity index is 2.48. The Morgan fingerprint density at radius 3 is 2.89 bits per heavy atom. The van der Waals surface area contributed by atoms with Crippen molar-refractivity contribution in [2.45, 2.75) is 45.7 Å². The van der Waals surface area contributed by atoms with Crippen molar-refractivity contribution in [2.75, 3.05) is 18.0 Å². The van der Waals surface area contributed by atoms with Crippen molar-refractivity contribution < 1.29 is 4.92 Å². The molecule has 1 unspecified atom stereocenters. The van der Waals surface area contributed by atoms with E-state index in [1.165, 1.54) is 0 Å². The van der Waals surface area contributed by atoms with Crippen molar-refractivity contribution in [2.24, 2.45) is 5.73 Å². The molecule has 0 spiro atoms. The molecule has 1 atom stereocenters. The molecule has 0 aliphatic carbocycles. The number of anilines is 1. The second kappa shape index (κ2) is 5.56. The van der Waals surface area contributed by atoms with Gasteiger partial charge in [0.05, 0.1) is 4.92 Å². The first-order valence-electron chi connectivity index (χ1n) is 6.78. The molecular weight excluding hydrogens is 246 g/mol. The van der Waals surface area contributed by atoms with E-state index in [9.17, 15) is 10.1 Å². The van der Waals surface area contributed by atoms with Gasteiger partial charge < -0.3 is 10.6 Å². The van der Waals surface area contributed by atoms with Gasteiger partial charge in [-0.2, -0.15) is 5.10 Å². The highest BCUT2D eigenvalue weighted by molar-refractivity contribution is 5.62. The van der Waals surface area contributed by atoms with Gasteiger partial charge in [-0.25, -0.2) is 4.68 Å². The normalized spacial score (nSPS) is 19.1. The third-order valence-electron chi connectivity index (χ3n) is 3.61. The zero-order chi connectivity index (χ0) is 14.0. The first-order valence-corrected chi connectivity index (χ1v) is 6.78. The highest BCUT2D eigenvalue weighted by Crippen LogP contribution is 2.35. The molecule has 1 aromatic heterocycles. The van der Waals surface area contributed by atoms with Crippen LogP contribution in [0.2, 0.25) is 0 Å². The van der Waals surface area contributed by atoms with Gasteiger partial charge in [0.25, 0.3) is 0 Å². The van der Waals surface area contributed by atoms with Gasteiger partial charge in [0, 0.05) is 25.7 Å². The summed E-state index contributed by atoms with van der Waals surface area (Å²) in [5, 5.41) is 15.6. The van der Waals surface area contributed by atoms with Crippen LogP contribution in [0.25, 0.3) is 0 Å². The Morgan fingerprint density at radius 1 is 1.58 bits per heavy atom. The Labute approximate surface area is 112 Å². The van der Waals surface area contributed by atoms with Gasteiger partial charge in [-0.05, 0) is 26.2 Å². The van der Waals surface area contributed by atoms with Crippen LogP contribution in [-0.4, -0.2) is 33.8 Å². The third-order valence-corrected chi connectivity index (χ3v) is 3.61. The molecule has 0 aromatic carbocycles. The molecule has 2 rings (SSSR count). The van der Waals surface area contributed by atoms with E-state index in [2.05, 4.69) is 10.00 Å². The van der Waals surface area contributed by atoms with Gasteiger partial charge in [0.2, 0.25) is 5.82 Å². The Morgan fingerprint density at radius 2 is 2.32 bits per heavy atom. The maximum Gasteiger partial charge on any atom is 0.333 e. The molecule has 1 fully saturated rings. The molecule has 0 saturated carbocycles. The molecule has 2 N–H and O–H groups in total. The zero-order valence-corrected chi connectivity index (χ0v) is 11.5. The smallest absolute Gasteiger partial charge is 0.333 e. The standard InChI is InChI=1S/C12H21N5O2/c1-3-6-16-12(11(17(18)19)9(2)14-16)15-7-4-5-10(15)8-13/h10H,3-8,13H2,1-2H3. The van der Waals surface area contributed by atoms with E-state index < -0.39 is 0 Å². The maximum absolute atomic E-state index is 11.3. The van der Waals surface area contributed by atoms with Gasteiger partial charge in [0.15, 0.2) is 0 Å². The molecule has 1 aliphatic heterocycles. The number of hydrogen-bond donors (Lipinski definition) is 1. The summed E-state index contributed by atoms with van der Waals surface area (Å²) in [5.41, 5.74) is 6.39. The fraction of sp³-hybridized carbons (Fsp3) is 0.750. The van der Waals surface area contributed by atoms with Gasteiger partial charge in [-0.15, -0.1) is 0 Å². The predicted molar refractivity (Wildman–Crippen MR) is 73.3 cm³/mol. The van der Waals surface area contributed by atoms with Crippen molar-refractivity contribution in [1.29, 1.82) is 0 Å². The predicted octanol–water partition coefficient (Wildman–Crippen LogP) is 1.44. The summed E-state index contributed by atoms with van der Waals surface area (Å²) in [5.74, 6) is 0.636. The number of nitrogens with zero attached hydrogens (tertiary/aromatic N) is 4. The van der Waals surface area contributed by atoms with E-state index in [1.54, 1.807) is 11.6 Å². The zero-order valence-electron chi connectivity index (χ0n) is 11.5. The number of nitrogens with two attached hydrogens (primary N) is 1. The highest BCUT2D eigenvalue weighted by Gasteiger charge is 2.34. The van der Waals surface area contributed by atoms with E-state index in [0.29, 0.717) is 24.6 Å².